The van der Waals surface area contributed by atoms with Crippen LogP contribution >= 0.6 is 11.3 Å². The number of pyridine rings is 1. The molecule has 2 aliphatic heterocycles. The normalized spacial score (nSPS) is 17.4. The number of benzene rings is 2. The molecule has 1 atom stereocenters. The molecule has 0 aliphatic carbocycles. The molecule has 4 aromatic rings. The largest absolute Gasteiger partial charge is 0.359 e. The zero-order valence-electron chi connectivity index (χ0n) is 23.1. The van der Waals surface area contributed by atoms with Crippen LogP contribution in [0.15, 0.2) is 66.0 Å². The molecule has 0 spiro atoms. The fraction of sp³-hybridized carbons (Fsp3) is 0.364. The molecule has 0 unspecified atom stereocenters. The molecule has 0 bridgehead atoms. The molecule has 2 aromatic carbocycles. The number of carbonyl (C=O) groups is 1. The summed E-state index contributed by atoms with van der Waals surface area (Å²) in [7, 11) is 2.06. The number of likely N-dealkylation sites (N-methyl/N-ethyl adjacent to an activating group) is 1. The predicted molar refractivity (Wildman–Crippen MR) is 163 cm³/mol. The molecule has 2 aliphatic rings. The first-order chi connectivity index (χ1) is 19.6. The van der Waals surface area contributed by atoms with Crippen molar-refractivity contribution in [1.29, 1.82) is 5.26 Å². The van der Waals surface area contributed by atoms with Crippen LogP contribution in [0.1, 0.15) is 46.5 Å². The van der Waals surface area contributed by atoms with Gasteiger partial charge in [-0.3, -0.25) is 4.79 Å². The Bertz CT molecular complexity index is 1520. The molecule has 1 amide bonds. The number of hydrogen-bond donors (Lipinski definition) is 0. The third-order valence-electron chi connectivity index (χ3n) is 8.34. The maximum atomic E-state index is 14.3. The van der Waals surface area contributed by atoms with Gasteiger partial charge in [-0.2, -0.15) is 5.26 Å². The summed E-state index contributed by atoms with van der Waals surface area (Å²) in [5.74, 6) is 0.938. The number of likely N-dealkylation sites (tertiary alicyclic amines) is 2. The first-order valence-corrected chi connectivity index (χ1v) is 15.2. The number of amides is 1. The molecule has 2 fully saturated rings. The third kappa shape index (κ3) is 5.60. The highest BCUT2D eigenvalue weighted by Gasteiger charge is 2.32. The van der Waals surface area contributed by atoms with E-state index in [1.165, 1.54) is 17.7 Å². The number of aromatic nitrogens is 1. The molecule has 0 radical (unpaired) electrons. The molecule has 6 nitrogen and oxygen atoms in total. The first kappa shape index (κ1) is 26.5. The van der Waals surface area contributed by atoms with Gasteiger partial charge < -0.3 is 14.7 Å². The lowest BCUT2D eigenvalue weighted by atomic mass is 9.99. The number of carbonyl (C=O) groups excluding carboxylic acids is 1. The fourth-order valence-corrected chi connectivity index (χ4v) is 6.76. The molecular formula is C33H35N5OS. The standard InChI is InChI=1S/C33H35N5OS/c1-36(18-14-28-7-5-19-40-28)32-21-30(33(39)38-17-4-6-27(38)23-37-15-2-3-16-37)29-20-26(12-13-31(29)35-32)25-10-8-24(22-34)9-11-25/h5,7-13,19-21,27H,2-4,6,14-18,23H2,1H3/t27-/m0/s1. The van der Waals surface area contributed by atoms with Crippen molar-refractivity contribution in [2.75, 3.05) is 44.7 Å². The Kier molecular flexibility index (Phi) is 7.81. The smallest absolute Gasteiger partial charge is 0.254 e. The summed E-state index contributed by atoms with van der Waals surface area (Å²) in [5.41, 5.74) is 4.23. The lowest BCUT2D eigenvalue weighted by molar-refractivity contribution is 0.0710. The van der Waals surface area contributed by atoms with Crippen LogP contribution in [0.2, 0.25) is 0 Å². The van der Waals surface area contributed by atoms with Gasteiger partial charge in [-0.1, -0.05) is 24.3 Å². The Hall–Kier alpha value is -3.73. The predicted octanol–water partition coefficient (Wildman–Crippen LogP) is 6.21. The average molecular weight is 550 g/mol. The van der Waals surface area contributed by atoms with E-state index < -0.39 is 0 Å². The SMILES string of the molecule is CN(CCc1cccs1)c1cc(C(=O)N2CCC[C@H]2CN2CCCC2)c2cc(-c3ccc(C#N)cc3)ccc2n1. The fourth-order valence-electron chi connectivity index (χ4n) is 6.06. The van der Waals surface area contributed by atoms with Crippen LogP contribution in [0.5, 0.6) is 0 Å². The minimum atomic E-state index is 0.110. The second kappa shape index (κ2) is 11.8. The molecule has 204 valence electrons. The Morgan fingerprint density at radius 1 is 1.05 bits per heavy atom. The highest BCUT2D eigenvalue weighted by molar-refractivity contribution is 7.09. The van der Waals surface area contributed by atoms with Crippen molar-refractivity contribution in [3.8, 4) is 17.2 Å². The summed E-state index contributed by atoms with van der Waals surface area (Å²) < 4.78 is 0. The number of anilines is 1. The number of thiophene rings is 1. The third-order valence-corrected chi connectivity index (χ3v) is 9.28. The summed E-state index contributed by atoms with van der Waals surface area (Å²) in [6, 6.07) is 22.5. The van der Waals surface area contributed by atoms with Crippen molar-refractivity contribution >= 4 is 34.0 Å². The lowest BCUT2D eigenvalue weighted by Gasteiger charge is -2.29. The molecule has 7 heteroatoms. The van der Waals surface area contributed by atoms with Crippen LogP contribution in [0.25, 0.3) is 22.0 Å². The van der Waals surface area contributed by atoms with E-state index in [0.29, 0.717) is 5.56 Å². The van der Waals surface area contributed by atoms with Gasteiger partial charge in [0.2, 0.25) is 0 Å². The van der Waals surface area contributed by atoms with Crippen LogP contribution < -0.4 is 4.90 Å². The monoisotopic (exact) mass is 549 g/mol. The van der Waals surface area contributed by atoms with Gasteiger partial charge in [0.1, 0.15) is 5.82 Å². The lowest BCUT2D eigenvalue weighted by Crippen LogP contribution is -2.42. The van der Waals surface area contributed by atoms with Crippen LogP contribution in [0.4, 0.5) is 5.82 Å². The van der Waals surface area contributed by atoms with Gasteiger partial charge in [-0.25, -0.2) is 4.98 Å². The molecule has 6 rings (SSSR count). The zero-order chi connectivity index (χ0) is 27.5. The second-order valence-electron chi connectivity index (χ2n) is 11.0. The summed E-state index contributed by atoms with van der Waals surface area (Å²) in [6.07, 6.45) is 5.58. The van der Waals surface area contributed by atoms with Crippen molar-refractivity contribution in [3.63, 3.8) is 0 Å². The van der Waals surface area contributed by atoms with Crippen molar-refractivity contribution in [3.05, 3.63) is 82.0 Å². The van der Waals surface area contributed by atoms with Crippen molar-refractivity contribution in [2.24, 2.45) is 0 Å². The van der Waals surface area contributed by atoms with E-state index in [1.807, 2.05) is 36.4 Å². The van der Waals surface area contributed by atoms with E-state index in [-0.39, 0.29) is 11.9 Å². The van der Waals surface area contributed by atoms with Gasteiger partial charge in [0, 0.05) is 43.0 Å². The molecule has 2 aromatic heterocycles. The van der Waals surface area contributed by atoms with Crippen LogP contribution in [-0.4, -0.2) is 66.5 Å². The molecule has 4 heterocycles. The summed E-state index contributed by atoms with van der Waals surface area (Å²) in [5, 5.41) is 12.2. The number of hydrogen-bond acceptors (Lipinski definition) is 6. The van der Waals surface area contributed by atoms with Crippen LogP contribution in [0, 0.1) is 11.3 Å². The second-order valence-corrected chi connectivity index (χ2v) is 12.0. The molecule has 40 heavy (non-hydrogen) atoms. The van der Waals surface area contributed by atoms with Crippen LogP contribution in [0.3, 0.4) is 0 Å². The summed E-state index contributed by atoms with van der Waals surface area (Å²) >= 11 is 1.77. The summed E-state index contributed by atoms with van der Waals surface area (Å²) in [6.45, 7) is 4.89. The van der Waals surface area contributed by atoms with Gasteiger partial charge in [-0.05, 0) is 98.1 Å². The Balaban J connectivity index is 1.36. The number of nitrogens with zero attached hydrogens (tertiary/aromatic N) is 5. The Morgan fingerprint density at radius 2 is 1.85 bits per heavy atom. The first-order valence-electron chi connectivity index (χ1n) is 14.3. The number of rotatable bonds is 8. The van der Waals surface area contributed by atoms with E-state index in [9.17, 15) is 10.1 Å². The molecule has 0 N–H and O–H groups in total. The van der Waals surface area contributed by atoms with Crippen molar-refractivity contribution < 1.29 is 4.79 Å². The van der Waals surface area contributed by atoms with Crippen molar-refractivity contribution in [1.82, 2.24) is 14.8 Å². The highest BCUT2D eigenvalue weighted by atomic mass is 32.1. The minimum Gasteiger partial charge on any atom is -0.359 e. The maximum Gasteiger partial charge on any atom is 0.254 e. The maximum absolute atomic E-state index is 14.3. The quantitative estimate of drug-likeness (QED) is 0.261. The number of nitriles is 1. The van der Waals surface area contributed by atoms with E-state index in [2.05, 4.69) is 57.5 Å². The van der Waals surface area contributed by atoms with Gasteiger partial charge in [0.15, 0.2) is 0 Å². The Labute approximate surface area is 240 Å². The van der Waals surface area contributed by atoms with Gasteiger partial charge in [0.25, 0.3) is 5.91 Å². The minimum absolute atomic E-state index is 0.110. The molecular weight excluding hydrogens is 514 g/mol. The van der Waals surface area contributed by atoms with E-state index in [4.69, 9.17) is 4.98 Å². The average Bonchev–Trinajstić information content (AvgIpc) is 3.79. The van der Waals surface area contributed by atoms with Gasteiger partial charge in [-0.15, -0.1) is 11.3 Å². The number of fused-ring (bicyclic) bond motifs is 1. The van der Waals surface area contributed by atoms with E-state index >= 15 is 0 Å². The molecule has 0 saturated carbocycles. The zero-order valence-corrected chi connectivity index (χ0v) is 23.9. The van der Waals surface area contributed by atoms with E-state index in [0.717, 1.165) is 85.4 Å². The van der Waals surface area contributed by atoms with E-state index in [1.54, 1.807) is 11.3 Å². The topological polar surface area (TPSA) is 63.5 Å². The Morgan fingerprint density at radius 3 is 2.60 bits per heavy atom. The molecule has 2 saturated heterocycles. The highest BCUT2D eigenvalue weighted by Crippen LogP contribution is 2.31. The summed E-state index contributed by atoms with van der Waals surface area (Å²) in [4.78, 5) is 27.5. The van der Waals surface area contributed by atoms with Crippen LogP contribution in [-0.2, 0) is 6.42 Å². The van der Waals surface area contributed by atoms with Crippen molar-refractivity contribution in [2.45, 2.75) is 38.1 Å². The van der Waals surface area contributed by atoms with Gasteiger partial charge >= 0.3 is 0 Å². The van der Waals surface area contributed by atoms with Gasteiger partial charge in [0.05, 0.1) is 22.7 Å².